The number of nitrogens with one attached hydrogen (secondary N) is 1. The number of aromatic nitrogens is 2. The molecular weight excluding hydrogens is 322 g/mol. The van der Waals surface area contributed by atoms with Crippen LogP contribution in [0, 0.1) is 11.6 Å². The molecule has 0 spiro atoms. The second kappa shape index (κ2) is 6.47. The summed E-state index contributed by atoms with van der Waals surface area (Å²) in [5.41, 5.74) is 3.09. The molecule has 1 aromatic carbocycles. The zero-order valence-corrected chi connectivity index (χ0v) is 13.4. The molecule has 0 atom stereocenters. The van der Waals surface area contributed by atoms with Crippen LogP contribution in [0.4, 0.5) is 20.3 Å². The topological polar surface area (TPSA) is 41.0 Å². The highest BCUT2D eigenvalue weighted by atomic mass is 19.1. The maximum absolute atomic E-state index is 14.0. The third-order valence-corrected chi connectivity index (χ3v) is 4.25. The Morgan fingerprint density at radius 2 is 2.00 bits per heavy atom. The van der Waals surface area contributed by atoms with Crippen molar-refractivity contribution < 1.29 is 8.78 Å². The molecule has 1 aliphatic rings. The highest BCUT2D eigenvalue weighted by Crippen LogP contribution is 2.32. The number of benzene rings is 1. The first-order chi connectivity index (χ1) is 12.2. The van der Waals surface area contributed by atoms with Crippen molar-refractivity contribution in [3.63, 3.8) is 0 Å². The molecule has 0 fully saturated rings. The Balaban J connectivity index is 1.70. The summed E-state index contributed by atoms with van der Waals surface area (Å²) >= 11 is 0. The molecule has 0 radical (unpaired) electrons. The number of hydrogen-bond acceptors (Lipinski definition) is 4. The molecule has 2 aromatic heterocycles. The summed E-state index contributed by atoms with van der Waals surface area (Å²) in [4.78, 5) is 10.6. The van der Waals surface area contributed by atoms with Gasteiger partial charge in [0.1, 0.15) is 17.5 Å². The molecule has 3 heterocycles. The van der Waals surface area contributed by atoms with Crippen molar-refractivity contribution in [1.29, 1.82) is 0 Å². The minimum atomic E-state index is -0.436. The van der Waals surface area contributed by atoms with E-state index in [9.17, 15) is 8.78 Å². The summed E-state index contributed by atoms with van der Waals surface area (Å²) in [5.74, 6) is -0.0949. The number of hydrogen-bond donors (Lipinski definition) is 1. The number of halogens is 2. The SMILES string of the molecule is Fc1ccc(F)c(CN2CCNc3ncc(-c4cccnc4)cc32)c1. The third kappa shape index (κ3) is 3.15. The molecule has 3 aromatic rings. The van der Waals surface area contributed by atoms with Crippen molar-refractivity contribution in [2.75, 3.05) is 23.3 Å². The third-order valence-electron chi connectivity index (χ3n) is 4.25. The van der Waals surface area contributed by atoms with E-state index in [0.717, 1.165) is 34.8 Å². The lowest BCUT2D eigenvalue weighted by atomic mass is 10.1. The van der Waals surface area contributed by atoms with E-state index in [0.29, 0.717) is 18.7 Å². The first-order valence-corrected chi connectivity index (χ1v) is 8.04. The maximum atomic E-state index is 14.0. The van der Waals surface area contributed by atoms with Gasteiger partial charge in [0.2, 0.25) is 0 Å². The van der Waals surface area contributed by atoms with Crippen LogP contribution in [0.1, 0.15) is 5.56 Å². The molecule has 126 valence electrons. The van der Waals surface area contributed by atoms with E-state index < -0.39 is 11.6 Å². The normalized spacial score (nSPS) is 13.3. The van der Waals surface area contributed by atoms with Crippen LogP contribution in [0.5, 0.6) is 0 Å². The second-order valence-electron chi connectivity index (χ2n) is 5.92. The van der Waals surface area contributed by atoms with Gasteiger partial charge in [-0.1, -0.05) is 6.07 Å². The number of pyridine rings is 2. The minimum absolute atomic E-state index is 0.288. The Labute approximate surface area is 144 Å². The molecule has 0 amide bonds. The van der Waals surface area contributed by atoms with E-state index >= 15 is 0 Å². The van der Waals surface area contributed by atoms with Crippen LogP contribution in [0.25, 0.3) is 11.1 Å². The van der Waals surface area contributed by atoms with E-state index in [1.807, 2.05) is 23.1 Å². The van der Waals surface area contributed by atoms with E-state index in [1.165, 1.54) is 6.07 Å². The van der Waals surface area contributed by atoms with Gasteiger partial charge in [-0.3, -0.25) is 4.98 Å². The van der Waals surface area contributed by atoms with Crippen molar-refractivity contribution in [3.8, 4) is 11.1 Å². The number of nitrogens with zero attached hydrogens (tertiary/aromatic N) is 3. The highest BCUT2D eigenvalue weighted by molar-refractivity contribution is 5.75. The second-order valence-corrected chi connectivity index (χ2v) is 5.92. The molecule has 0 bridgehead atoms. The van der Waals surface area contributed by atoms with Crippen molar-refractivity contribution in [2.24, 2.45) is 0 Å². The van der Waals surface area contributed by atoms with Gasteiger partial charge in [0.05, 0.1) is 5.69 Å². The Morgan fingerprint density at radius 3 is 2.84 bits per heavy atom. The van der Waals surface area contributed by atoms with Gasteiger partial charge in [-0.25, -0.2) is 13.8 Å². The summed E-state index contributed by atoms with van der Waals surface area (Å²) in [6.07, 6.45) is 5.28. The lowest BCUT2D eigenvalue weighted by Crippen LogP contribution is -2.34. The standard InChI is InChI=1S/C19H16F2N4/c20-16-3-4-17(21)15(8-16)12-25-7-6-23-19-18(25)9-14(11-24-19)13-2-1-5-22-10-13/h1-5,8-11H,6-7,12H2,(H,23,24). The smallest absolute Gasteiger partial charge is 0.149 e. The number of anilines is 2. The maximum Gasteiger partial charge on any atom is 0.149 e. The summed E-state index contributed by atoms with van der Waals surface area (Å²) in [7, 11) is 0. The average molecular weight is 338 g/mol. The molecule has 0 saturated heterocycles. The molecular formula is C19H16F2N4. The van der Waals surface area contributed by atoms with Gasteiger partial charge in [-0.05, 0) is 30.3 Å². The van der Waals surface area contributed by atoms with E-state index in [4.69, 9.17) is 0 Å². The first kappa shape index (κ1) is 15.5. The molecule has 4 nitrogen and oxygen atoms in total. The Morgan fingerprint density at radius 1 is 1.08 bits per heavy atom. The highest BCUT2D eigenvalue weighted by Gasteiger charge is 2.20. The van der Waals surface area contributed by atoms with Crippen LogP contribution in [0.2, 0.25) is 0 Å². The monoisotopic (exact) mass is 338 g/mol. The van der Waals surface area contributed by atoms with Crippen molar-refractivity contribution in [3.05, 3.63) is 72.2 Å². The number of rotatable bonds is 3. The van der Waals surface area contributed by atoms with Crippen LogP contribution in [-0.2, 0) is 6.54 Å². The minimum Gasteiger partial charge on any atom is -0.367 e. The Kier molecular flexibility index (Phi) is 4.01. The molecule has 0 aliphatic carbocycles. The lowest BCUT2D eigenvalue weighted by Gasteiger charge is -2.31. The largest absolute Gasteiger partial charge is 0.367 e. The summed E-state index contributed by atoms with van der Waals surface area (Å²) < 4.78 is 27.5. The van der Waals surface area contributed by atoms with Crippen LogP contribution in [0.3, 0.4) is 0 Å². The predicted octanol–water partition coefficient (Wildman–Crippen LogP) is 3.85. The van der Waals surface area contributed by atoms with E-state index in [-0.39, 0.29) is 6.54 Å². The van der Waals surface area contributed by atoms with Crippen molar-refractivity contribution in [1.82, 2.24) is 9.97 Å². The van der Waals surface area contributed by atoms with Gasteiger partial charge in [0, 0.05) is 54.9 Å². The molecule has 0 unspecified atom stereocenters. The molecule has 4 rings (SSSR count). The van der Waals surface area contributed by atoms with Gasteiger partial charge < -0.3 is 10.2 Å². The fourth-order valence-electron chi connectivity index (χ4n) is 2.99. The van der Waals surface area contributed by atoms with Gasteiger partial charge in [-0.15, -0.1) is 0 Å². The predicted molar refractivity (Wildman–Crippen MR) is 93.4 cm³/mol. The van der Waals surface area contributed by atoms with Gasteiger partial charge >= 0.3 is 0 Å². The fraction of sp³-hybridized carbons (Fsp3) is 0.158. The van der Waals surface area contributed by atoms with Crippen LogP contribution >= 0.6 is 0 Å². The average Bonchev–Trinajstić information content (AvgIpc) is 2.65. The zero-order chi connectivity index (χ0) is 17.2. The quantitative estimate of drug-likeness (QED) is 0.787. The van der Waals surface area contributed by atoms with Crippen LogP contribution in [-0.4, -0.2) is 23.1 Å². The van der Waals surface area contributed by atoms with Crippen LogP contribution < -0.4 is 10.2 Å². The van der Waals surface area contributed by atoms with Crippen molar-refractivity contribution >= 4 is 11.5 Å². The van der Waals surface area contributed by atoms with E-state index in [1.54, 1.807) is 18.6 Å². The summed E-state index contributed by atoms with van der Waals surface area (Å²) in [6, 6.07) is 9.37. The molecule has 0 saturated carbocycles. The Hall–Kier alpha value is -3.02. The number of fused-ring (bicyclic) bond motifs is 1. The van der Waals surface area contributed by atoms with E-state index in [2.05, 4.69) is 15.3 Å². The lowest BCUT2D eigenvalue weighted by molar-refractivity contribution is 0.580. The molecule has 1 aliphatic heterocycles. The molecule has 6 heteroatoms. The Bertz CT molecular complexity index is 899. The van der Waals surface area contributed by atoms with Crippen LogP contribution in [0.15, 0.2) is 55.0 Å². The fourth-order valence-corrected chi connectivity index (χ4v) is 2.99. The van der Waals surface area contributed by atoms with Gasteiger partial charge in [0.25, 0.3) is 0 Å². The summed E-state index contributed by atoms with van der Waals surface area (Å²) in [6.45, 7) is 1.67. The van der Waals surface area contributed by atoms with Gasteiger partial charge in [0.15, 0.2) is 0 Å². The van der Waals surface area contributed by atoms with Gasteiger partial charge in [-0.2, -0.15) is 0 Å². The molecule has 1 N–H and O–H groups in total. The first-order valence-electron chi connectivity index (χ1n) is 8.04. The molecule has 25 heavy (non-hydrogen) atoms. The summed E-state index contributed by atoms with van der Waals surface area (Å²) in [5, 5.41) is 3.25. The van der Waals surface area contributed by atoms with Crippen molar-refractivity contribution in [2.45, 2.75) is 6.54 Å². The zero-order valence-electron chi connectivity index (χ0n) is 13.4.